The van der Waals surface area contributed by atoms with E-state index >= 15 is 0 Å². The lowest BCUT2D eigenvalue weighted by Gasteiger charge is -2.19. The molecule has 2 N–H and O–H groups in total. The molecule has 2 heterocycles. The molecule has 20 heavy (non-hydrogen) atoms. The number of rotatable bonds is 3. The molecule has 1 aromatic rings. The van der Waals surface area contributed by atoms with Gasteiger partial charge >= 0.3 is 12.0 Å². The Balaban J connectivity index is 1.94. The van der Waals surface area contributed by atoms with Crippen LogP contribution in [0.4, 0.5) is 4.79 Å². The third kappa shape index (κ3) is 2.95. The number of nitrogens with zero attached hydrogens (tertiary/aromatic N) is 1. The van der Waals surface area contributed by atoms with Gasteiger partial charge in [-0.3, -0.25) is 4.79 Å². The number of amides is 2. The van der Waals surface area contributed by atoms with Crippen LogP contribution in [0.15, 0.2) is 16.5 Å². The predicted molar refractivity (Wildman–Crippen MR) is 72.3 cm³/mol. The molecule has 3 atom stereocenters. The van der Waals surface area contributed by atoms with E-state index in [-0.39, 0.29) is 24.5 Å². The van der Waals surface area contributed by atoms with Crippen molar-refractivity contribution in [3.05, 3.63) is 23.7 Å². The van der Waals surface area contributed by atoms with Crippen LogP contribution < -0.4 is 5.32 Å². The quantitative estimate of drug-likeness (QED) is 0.887. The summed E-state index contributed by atoms with van der Waals surface area (Å²) in [4.78, 5) is 24.7. The number of hydrogen-bond acceptors (Lipinski definition) is 3. The average molecular weight is 280 g/mol. The molecule has 1 aliphatic heterocycles. The summed E-state index contributed by atoms with van der Waals surface area (Å²) in [6.45, 7) is 6.26. The number of aryl methyl sites for hydroxylation is 1. The molecule has 1 aliphatic rings. The number of furan rings is 1. The number of likely N-dealkylation sites (tertiary alicyclic amines) is 1. The molecule has 6 nitrogen and oxygen atoms in total. The summed E-state index contributed by atoms with van der Waals surface area (Å²) in [5, 5.41) is 11.9. The van der Waals surface area contributed by atoms with E-state index < -0.39 is 11.9 Å². The maximum absolute atomic E-state index is 12.1. The fraction of sp³-hybridized carbons (Fsp3) is 0.571. The molecular formula is C14H20N2O4. The minimum atomic E-state index is -0.845. The maximum Gasteiger partial charge on any atom is 0.318 e. The number of aliphatic carboxylic acids is 1. The molecule has 0 bridgehead atoms. The lowest BCUT2D eigenvalue weighted by Crippen LogP contribution is -2.40. The standard InChI is InChI=1S/C14H20N2O4/c1-8-6-16(7-11(8)13(17)18)14(19)15-10(3)12-5-4-9(2)20-12/h4-5,8,10-11H,6-7H2,1-3H3,(H,15,19)(H,17,18)/t8-,10?,11-/m1/s1. The van der Waals surface area contributed by atoms with Crippen LogP contribution in [0, 0.1) is 18.8 Å². The molecule has 2 rings (SSSR count). The van der Waals surface area contributed by atoms with Crippen LogP contribution >= 0.6 is 0 Å². The summed E-state index contributed by atoms with van der Waals surface area (Å²) in [6, 6.07) is 3.18. The molecular weight excluding hydrogens is 260 g/mol. The highest BCUT2D eigenvalue weighted by molar-refractivity contribution is 5.77. The maximum atomic E-state index is 12.1. The van der Waals surface area contributed by atoms with Crippen molar-refractivity contribution in [3.63, 3.8) is 0 Å². The van der Waals surface area contributed by atoms with Crippen molar-refractivity contribution in [1.82, 2.24) is 10.2 Å². The molecule has 0 spiro atoms. The number of carboxylic acid groups (broad SMARTS) is 1. The molecule has 1 saturated heterocycles. The van der Waals surface area contributed by atoms with Crippen molar-refractivity contribution in [2.75, 3.05) is 13.1 Å². The normalized spacial score (nSPS) is 23.6. The minimum Gasteiger partial charge on any atom is -0.481 e. The number of carbonyl (C=O) groups excluding carboxylic acids is 1. The molecule has 2 amide bonds. The zero-order chi connectivity index (χ0) is 14.9. The number of urea groups is 1. The fourth-order valence-electron chi connectivity index (χ4n) is 2.49. The number of nitrogens with one attached hydrogen (secondary N) is 1. The third-order valence-corrected chi connectivity index (χ3v) is 3.74. The van der Waals surface area contributed by atoms with Crippen molar-refractivity contribution < 1.29 is 19.1 Å². The lowest BCUT2D eigenvalue weighted by atomic mass is 9.99. The van der Waals surface area contributed by atoms with Gasteiger partial charge in [-0.2, -0.15) is 0 Å². The van der Waals surface area contributed by atoms with Crippen molar-refractivity contribution in [2.45, 2.75) is 26.8 Å². The van der Waals surface area contributed by atoms with Gasteiger partial charge in [0.25, 0.3) is 0 Å². The number of carboxylic acids is 1. The van der Waals surface area contributed by atoms with Crippen LogP contribution in [-0.2, 0) is 4.79 Å². The lowest BCUT2D eigenvalue weighted by molar-refractivity contribution is -0.142. The summed E-state index contributed by atoms with van der Waals surface area (Å²) in [7, 11) is 0. The number of carbonyl (C=O) groups is 2. The molecule has 110 valence electrons. The predicted octanol–water partition coefficient (Wildman–Crippen LogP) is 2.01. The van der Waals surface area contributed by atoms with E-state index in [2.05, 4.69) is 5.32 Å². The Hall–Kier alpha value is -1.98. The topological polar surface area (TPSA) is 82.8 Å². The first-order valence-corrected chi connectivity index (χ1v) is 6.73. The second kappa shape index (κ2) is 5.56. The molecule has 0 aromatic carbocycles. The van der Waals surface area contributed by atoms with Crippen molar-refractivity contribution >= 4 is 12.0 Å². The van der Waals surface area contributed by atoms with Crippen molar-refractivity contribution in [3.8, 4) is 0 Å². The van der Waals surface area contributed by atoms with Crippen LogP contribution in [0.2, 0.25) is 0 Å². The van der Waals surface area contributed by atoms with Gasteiger partial charge in [0.2, 0.25) is 0 Å². The van der Waals surface area contributed by atoms with Gasteiger partial charge in [-0.25, -0.2) is 4.79 Å². The molecule has 1 aromatic heterocycles. The zero-order valence-electron chi connectivity index (χ0n) is 11.9. The molecule has 0 aliphatic carbocycles. The summed E-state index contributed by atoms with van der Waals surface area (Å²) >= 11 is 0. The van der Waals surface area contributed by atoms with Crippen LogP contribution in [0.5, 0.6) is 0 Å². The molecule has 1 unspecified atom stereocenters. The van der Waals surface area contributed by atoms with Gasteiger partial charge in [0.1, 0.15) is 11.5 Å². The highest BCUT2D eigenvalue weighted by Crippen LogP contribution is 2.24. The Morgan fingerprint density at radius 3 is 2.65 bits per heavy atom. The van der Waals surface area contributed by atoms with E-state index in [4.69, 9.17) is 9.52 Å². The first kappa shape index (κ1) is 14.4. The monoisotopic (exact) mass is 280 g/mol. The average Bonchev–Trinajstić information content (AvgIpc) is 2.95. The van der Waals surface area contributed by atoms with Gasteiger partial charge < -0.3 is 19.7 Å². The highest BCUT2D eigenvalue weighted by Gasteiger charge is 2.37. The Bertz CT molecular complexity index is 511. The molecule has 6 heteroatoms. The van der Waals surface area contributed by atoms with Crippen molar-refractivity contribution in [2.24, 2.45) is 11.8 Å². The van der Waals surface area contributed by atoms with Gasteiger partial charge in [-0.15, -0.1) is 0 Å². The van der Waals surface area contributed by atoms with Gasteiger partial charge in [0.15, 0.2) is 0 Å². The smallest absolute Gasteiger partial charge is 0.318 e. The first-order valence-electron chi connectivity index (χ1n) is 6.73. The molecule has 1 fully saturated rings. The number of hydrogen-bond donors (Lipinski definition) is 2. The Morgan fingerprint density at radius 1 is 1.45 bits per heavy atom. The Labute approximate surface area is 117 Å². The van der Waals surface area contributed by atoms with Gasteiger partial charge in [-0.05, 0) is 31.9 Å². The molecule has 0 saturated carbocycles. The summed E-state index contributed by atoms with van der Waals surface area (Å²) in [5.74, 6) is 0.128. The first-order chi connectivity index (χ1) is 9.38. The van der Waals surface area contributed by atoms with Crippen LogP contribution in [0.3, 0.4) is 0 Å². The van der Waals surface area contributed by atoms with Crippen LogP contribution in [0.25, 0.3) is 0 Å². The zero-order valence-corrected chi connectivity index (χ0v) is 11.9. The highest BCUT2D eigenvalue weighted by atomic mass is 16.4. The van der Waals surface area contributed by atoms with Crippen LogP contribution in [-0.4, -0.2) is 35.1 Å². The third-order valence-electron chi connectivity index (χ3n) is 3.74. The van der Waals surface area contributed by atoms with E-state index in [1.54, 1.807) is 4.90 Å². The minimum absolute atomic E-state index is 0.0283. The summed E-state index contributed by atoms with van der Waals surface area (Å²) in [5.41, 5.74) is 0. The van der Waals surface area contributed by atoms with E-state index in [1.165, 1.54) is 0 Å². The Kier molecular flexibility index (Phi) is 4.01. The van der Waals surface area contributed by atoms with E-state index in [0.717, 1.165) is 5.76 Å². The summed E-state index contributed by atoms with van der Waals surface area (Å²) in [6.07, 6.45) is 0. The van der Waals surface area contributed by atoms with Crippen LogP contribution in [0.1, 0.15) is 31.4 Å². The largest absolute Gasteiger partial charge is 0.481 e. The van der Waals surface area contributed by atoms with Crippen molar-refractivity contribution in [1.29, 1.82) is 0 Å². The SMILES string of the molecule is Cc1ccc(C(C)NC(=O)N2C[C@@H](C)[C@H](C(=O)O)C2)o1. The van der Waals surface area contributed by atoms with Gasteiger partial charge in [0, 0.05) is 13.1 Å². The fourth-order valence-corrected chi connectivity index (χ4v) is 2.49. The van der Waals surface area contributed by atoms with Gasteiger partial charge in [-0.1, -0.05) is 6.92 Å². The van der Waals surface area contributed by atoms with Gasteiger partial charge in [0.05, 0.1) is 12.0 Å². The second-order valence-electron chi connectivity index (χ2n) is 5.45. The Morgan fingerprint density at radius 2 is 2.15 bits per heavy atom. The molecule has 0 radical (unpaired) electrons. The van der Waals surface area contributed by atoms with E-state index in [1.807, 2.05) is 32.9 Å². The summed E-state index contributed by atoms with van der Waals surface area (Å²) < 4.78 is 5.46. The van der Waals surface area contributed by atoms with E-state index in [0.29, 0.717) is 12.3 Å². The van der Waals surface area contributed by atoms with E-state index in [9.17, 15) is 9.59 Å². The second-order valence-corrected chi connectivity index (χ2v) is 5.45.